The Bertz CT molecular complexity index is 700. The number of hydrogen-bond acceptors (Lipinski definition) is 4. The molecule has 2 aromatic carbocycles. The van der Waals surface area contributed by atoms with Gasteiger partial charge in [-0.15, -0.1) is 0 Å². The van der Waals surface area contributed by atoms with Gasteiger partial charge in [0, 0.05) is 0 Å². The third-order valence-electron chi connectivity index (χ3n) is 2.95. The number of nitrogens with one attached hydrogen (secondary N) is 1. The highest BCUT2D eigenvalue weighted by molar-refractivity contribution is 7.89. The van der Waals surface area contributed by atoms with Gasteiger partial charge in [-0.2, -0.15) is 0 Å². The molecule has 7 heteroatoms. The summed E-state index contributed by atoms with van der Waals surface area (Å²) < 4.78 is 40.5. The first-order chi connectivity index (χ1) is 9.95. The number of aliphatic hydroxyl groups is 1. The van der Waals surface area contributed by atoms with Gasteiger partial charge in [-0.1, -0.05) is 36.4 Å². The molecule has 112 valence electrons. The van der Waals surface area contributed by atoms with Crippen molar-refractivity contribution >= 4 is 15.7 Å². The molecule has 0 fully saturated rings. The van der Waals surface area contributed by atoms with E-state index in [1.54, 1.807) is 30.3 Å². The molecule has 5 nitrogen and oxygen atoms in total. The molecule has 0 aromatic heterocycles. The molecule has 1 atom stereocenters. The number of anilines is 1. The molecule has 0 bridgehead atoms. The van der Waals surface area contributed by atoms with E-state index in [4.69, 9.17) is 5.73 Å². The van der Waals surface area contributed by atoms with Crippen molar-refractivity contribution in [3.63, 3.8) is 0 Å². The number of nitrogen functional groups attached to an aromatic ring is 1. The third-order valence-corrected chi connectivity index (χ3v) is 4.51. The van der Waals surface area contributed by atoms with Crippen LogP contribution in [0.25, 0.3) is 0 Å². The first-order valence-electron chi connectivity index (χ1n) is 6.18. The van der Waals surface area contributed by atoms with Crippen LogP contribution in [-0.2, 0) is 10.0 Å². The molecule has 0 aliphatic carbocycles. The Morgan fingerprint density at radius 3 is 2.38 bits per heavy atom. The molecule has 0 saturated carbocycles. The second kappa shape index (κ2) is 6.21. The first kappa shape index (κ1) is 15.4. The number of benzene rings is 2. The summed E-state index contributed by atoms with van der Waals surface area (Å²) >= 11 is 0. The lowest BCUT2D eigenvalue weighted by Crippen LogP contribution is -2.32. The van der Waals surface area contributed by atoms with Crippen molar-refractivity contribution in [2.75, 3.05) is 12.3 Å². The van der Waals surface area contributed by atoms with Gasteiger partial charge >= 0.3 is 0 Å². The fourth-order valence-corrected chi connectivity index (χ4v) is 3.36. The Morgan fingerprint density at radius 1 is 1.14 bits per heavy atom. The standard InChI is InChI=1S/C14H15FN2O3S/c15-11-7-4-8-12(16)14(11)21(19,20)17-13(9-18)10-5-2-1-3-6-10/h1-8,13,17-18H,9,16H2/t13-/m0/s1. The highest BCUT2D eigenvalue weighted by Crippen LogP contribution is 2.24. The van der Waals surface area contributed by atoms with Crippen LogP contribution in [0.15, 0.2) is 53.4 Å². The average molecular weight is 310 g/mol. The lowest BCUT2D eigenvalue weighted by atomic mass is 10.1. The Kier molecular flexibility index (Phi) is 4.56. The maximum absolute atomic E-state index is 13.7. The first-order valence-corrected chi connectivity index (χ1v) is 7.66. The quantitative estimate of drug-likeness (QED) is 0.728. The average Bonchev–Trinajstić information content (AvgIpc) is 2.45. The van der Waals surface area contributed by atoms with E-state index in [0.717, 1.165) is 6.07 Å². The van der Waals surface area contributed by atoms with Gasteiger partial charge in [0.25, 0.3) is 0 Å². The molecule has 21 heavy (non-hydrogen) atoms. The van der Waals surface area contributed by atoms with Crippen molar-refractivity contribution < 1.29 is 17.9 Å². The Morgan fingerprint density at radius 2 is 1.81 bits per heavy atom. The van der Waals surface area contributed by atoms with Crippen LogP contribution in [0.4, 0.5) is 10.1 Å². The van der Waals surface area contributed by atoms with Crippen LogP contribution in [0.3, 0.4) is 0 Å². The minimum Gasteiger partial charge on any atom is -0.398 e. The summed E-state index contributed by atoms with van der Waals surface area (Å²) in [6, 6.07) is 11.3. The van der Waals surface area contributed by atoms with Crippen LogP contribution in [-0.4, -0.2) is 20.1 Å². The summed E-state index contributed by atoms with van der Waals surface area (Å²) in [5.41, 5.74) is 5.92. The van der Waals surface area contributed by atoms with Gasteiger partial charge in [0.05, 0.1) is 18.3 Å². The second-order valence-electron chi connectivity index (χ2n) is 4.43. The number of aliphatic hydroxyl groups excluding tert-OH is 1. The molecule has 0 heterocycles. The second-order valence-corrected chi connectivity index (χ2v) is 6.08. The Hall–Kier alpha value is -1.96. The van der Waals surface area contributed by atoms with E-state index in [-0.39, 0.29) is 5.69 Å². The highest BCUT2D eigenvalue weighted by Gasteiger charge is 2.26. The maximum atomic E-state index is 13.7. The van der Waals surface area contributed by atoms with Gasteiger partial charge in [0.1, 0.15) is 10.7 Å². The van der Waals surface area contributed by atoms with E-state index >= 15 is 0 Å². The van der Waals surface area contributed by atoms with Crippen LogP contribution in [0, 0.1) is 5.82 Å². The van der Waals surface area contributed by atoms with Gasteiger partial charge in [0.2, 0.25) is 10.0 Å². The van der Waals surface area contributed by atoms with Crippen molar-refractivity contribution in [1.29, 1.82) is 0 Å². The van der Waals surface area contributed by atoms with E-state index in [9.17, 15) is 17.9 Å². The van der Waals surface area contributed by atoms with E-state index in [0.29, 0.717) is 5.56 Å². The Balaban J connectivity index is 2.37. The smallest absolute Gasteiger partial charge is 0.246 e. The predicted molar refractivity (Wildman–Crippen MR) is 77.4 cm³/mol. The molecule has 4 N–H and O–H groups in total. The Labute approximate surface area is 122 Å². The zero-order valence-electron chi connectivity index (χ0n) is 11.0. The maximum Gasteiger partial charge on any atom is 0.246 e. The van der Waals surface area contributed by atoms with E-state index in [2.05, 4.69) is 4.72 Å². The lowest BCUT2D eigenvalue weighted by Gasteiger charge is -2.18. The molecular weight excluding hydrogens is 295 g/mol. The monoisotopic (exact) mass is 310 g/mol. The number of halogens is 1. The summed E-state index contributed by atoms with van der Waals surface area (Å²) in [6.07, 6.45) is 0. The van der Waals surface area contributed by atoms with E-state index < -0.39 is 33.4 Å². The van der Waals surface area contributed by atoms with Crippen LogP contribution in [0.5, 0.6) is 0 Å². The SMILES string of the molecule is Nc1cccc(F)c1S(=O)(=O)N[C@@H](CO)c1ccccc1. The lowest BCUT2D eigenvalue weighted by molar-refractivity contribution is 0.258. The number of sulfonamides is 1. The molecule has 0 spiro atoms. The molecule has 0 radical (unpaired) electrons. The molecule has 2 rings (SSSR count). The molecule has 2 aromatic rings. The van der Waals surface area contributed by atoms with Crippen molar-refractivity contribution in [3.8, 4) is 0 Å². The summed E-state index contributed by atoms with van der Waals surface area (Å²) in [7, 11) is -4.19. The highest BCUT2D eigenvalue weighted by atomic mass is 32.2. The van der Waals surface area contributed by atoms with Crippen LogP contribution >= 0.6 is 0 Å². The van der Waals surface area contributed by atoms with Crippen molar-refractivity contribution in [2.45, 2.75) is 10.9 Å². The zero-order chi connectivity index (χ0) is 15.5. The summed E-state index contributed by atoms with van der Waals surface area (Å²) in [5, 5.41) is 9.38. The van der Waals surface area contributed by atoms with Gasteiger partial charge in [-0.25, -0.2) is 17.5 Å². The molecular formula is C14H15FN2O3S. The predicted octanol–water partition coefficient (Wildman–Crippen LogP) is 1.42. The van der Waals surface area contributed by atoms with Crippen molar-refractivity contribution in [3.05, 3.63) is 59.9 Å². The van der Waals surface area contributed by atoms with Gasteiger partial charge in [0.15, 0.2) is 0 Å². The normalized spacial score (nSPS) is 13.0. The number of nitrogens with two attached hydrogens (primary N) is 1. The molecule has 0 saturated heterocycles. The number of hydrogen-bond donors (Lipinski definition) is 3. The number of rotatable bonds is 5. The minimum absolute atomic E-state index is 0.188. The van der Waals surface area contributed by atoms with Crippen LogP contribution < -0.4 is 10.5 Å². The summed E-state index contributed by atoms with van der Waals surface area (Å²) in [6.45, 7) is -0.461. The van der Waals surface area contributed by atoms with Gasteiger partial charge < -0.3 is 10.8 Å². The fourth-order valence-electron chi connectivity index (χ4n) is 1.95. The largest absolute Gasteiger partial charge is 0.398 e. The van der Waals surface area contributed by atoms with Gasteiger partial charge in [-0.3, -0.25) is 0 Å². The zero-order valence-corrected chi connectivity index (χ0v) is 11.8. The summed E-state index contributed by atoms with van der Waals surface area (Å²) in [5.74, 6) is -0.938. The fraction of sp³-hybridized carbons (Fsp3) is 0.143. The van der Waals surface area contributed by atoms with Crippen molar-refractivity contribution in [1.82, 2.24) is 4.72 Å². The van der Waals surface area contributed by atoms with Crippen LogP contribution in [0.1, 0.15) is 11.6 Å². The van der Waals surface area contributed by atoms with Gasteiger partial charge in [-0.05, 0) is 17.7 Å². The molecule has 0 unspecified atom stereocenters. The van der Waals surface area contributed by atoms with Crippen LogP contribution in [0.2, 0.25) is 0 Å². The molecule has 0 aliphatic rings. The molecule has 0 aliphatic heterocycles. The summed E-state index contributed by atoms with van der Waals surface area (Å²) in [4.78, 5) is -0.612. The van der Waals surface area contributed by atoms with E-state index in [1.165, 1.54) is 12.1 Å². The topological polar surface area (TPSA) is 92.4 Å². The van der Waals surface area contributed by atoms with E-state index in [1.807, 2.05) is 0 Å². The van der Waals surface area contributed by atoms with Crippen molar-refractivity contribution in [2.24, 2.45) is 0 Å². The third kappa shape index (κ3) is 3.38. The molecule has 0 amide bonds. The minimum atomic E-state index is -4.19.